The molecule has 0 saturated heterocycles. The second kappa shape index (κ2) is 8.76. The number of hydrogen-bond donors (Lipinski definition) is 1. The molecule has 6 nitrogen and oxygen atoms in total. The first-order chi connectivity index (χ1) is 12.3. The van der Waals surface area contributed by atoms with Crippen LogP contribution in [-0.4, -0.2) is 20.9 Å². The molecule has 26 heavy (non-hydrogen) atoms. The third-order valence-corrected chi connectivity index (χ3v) is 5.10. The van der Waals surface area contributed by atoms with Crippen LogP contribution in [0.4, 0.5) is 4.39 Å². The lowest BCUT2D eigenvalue weighted by Gasteiger charge is -2.08. The molecule has 0 radical (unpaired) electrons. The average molecular weight is 397 g/mol. The summed E-state index contributed by atoms with van der Waals surface area (Å²) >= 11 is 5.56. The first kappa shape index (κ1) is 19.8. The molecule has 0 aliphatic carbocycles. The monoisotopic (exact) mass is 396 g/mol. The van der Waals surface area contributed by atoms with Gasteiger partial charge in [-0.3, -0.25) is 4.79 Å². The van der Waals surface area contributed by atoms with Gasteiger partial charge in [-0.15, -0.1) is 0 Å². The van der Waals surface area contributed by atoms with Crippen LogP contribution in [0, 0.1) is 17.1 Å². The number of carbonyl (C=O) groups excluding carboxylic acids is 1. The Hall–Kier alpha value is -2.47. The van der Waals surface area contributed by atoms with Crippen LogP contribution < -0.4 is 4.72 Å². The normalized spacial score (nSPS) is 11.0. The van der Waals surface area contributed by atoms with Gasteiger partial charge in [0.05, 0.1) is 28.0 Å². The molecule has 0 amide bonds. The zero-order valence-corrected chi connectivity index (χ0v) is 15.0. The molecule has 0 saturated carbocycles. The number of nitrogens with one attached hydrogen (secondary N) is 1. The van der Waals surface area contributed by atoms with Crippen molar-refractivity contribution in [3.05, 3.63) is 64.4 Å². The van der Waals surface area contributed by atoms with Crippen molar-refractivity contribution in [3.63, 3.8) is 0 Å². The van der Waals surface area contributed by atoms with E-state index in [2.05, 4.69) is 4.72 Å². The summed E-state index contributed by atoms with van der Waals surface area (Å²) in [6.07, 6.45) is -0.205. The predicted octanol–water partition coefficient (Wildman–Crippen LogP) is 2.76. The summed E-state index contributed by atoms with van der Waals surface area (Å²) in [5.41, 5.74) is 0.957. The van der Waals surface area contributed by atoms with Crippen LogP contribution in [0.25, 0.3) is 0 Å². The van der Waals surface area contributed by atoms with Gasteiger partial charge in [0.25, 0.3) is 0 Å². The average Bonchev–Trinajstić information content (AvgIpc) is 2.62. The standard InChI is InChI=1S/C17H14ClFN2O4S/c18-15-9-14(5-6-16(15)19)26(23,24)21-8-7-17(22)25-11-13-4-2-1-3-12(13)10-20/h1-6,9,21H,7-8,11H2. The van der Waals surface area contributed by atoms with E-state index in [9.17, 15) is 17.6 Å². The molecule has 0 unspecified atom stereocenters. The Labute approximate surface area is 155 Å². The Kier molecular flexibility index (Phi) is 6.69. The van der Waals surface area contributed by atoms with Gasteiger partial charge in [-0.05, 0) is 24.3 Å². The number of benzene rings is 2. The Morgan fingerprint density at radius 3 is 2.69 bits per heavy atom. The highest BCUT2D eigenvalue weighted by Gasteiger charge is 2.16. The molecule has 0 bridgehead atoms. The van der Waals surface area contributed by atoms with E-state index in [1.54, 1.807) is 24.3 Å². The first-order valence-electron chi connectivity index (χ1n) is 7.42. The van der Waals surface area contributed by atoms with E-state index in [0.29, 0.717) is 11.1 Å². The van der Waals surface area contributed by atoms with E-state index in [-0.39, 0.29) is 29.5 Å². The topological polar surface area (TPSA) is 96.3 Å². The molecule has 1 N–H and O–H groups in total. The lowest BCUT2D eigenvalue weighted by atomic mass is 10.1. The van der Waals surface area contributed by atoms with E-state index in [0.717, 1.165) is 18.2 Å². The molecular weight excluding hydrogens is 383 g/mol. The van der Waals surface area contributed by atoms with Gasteiger partial charge in [0.15, 0.2) is 0 Å². The number of carbonyl (C=O) groups is 1. The number of halogens is 2. The Morgan fingerprint density at radius 2 is 2.00 bits per heavy atom. The summed E-state index contributed by atoms with van der Waals surface area (Å²) in [5, 5.41) is 8.64. The highest BCUT2D eigenvalue weighted by molar-refractivity contribution is 7.89. The Bertz CT molecular complexity index is 957. The van der Waals surface area contributed by atoms with Crippen molar-refractivity contribution in [1.29, 1.82) is 5.26 Å². The van der Waals surface area contributed by atoms with Crippen LogP contribution in [0.2, 0.25) is 5.02 Å². The molecule has 0 atom stereocenters. The minimum absolute atomic E-state index is 0.0805. The Morgan fingerprint density at radius 1 is 1.27 bits per heavy atom. The van der Waals surface area contributed by atoms with Crippen LogP contribution >= 0.6 is 11.6 Å². The van der Waals surface area contributed by atoms with Crippen LogP contribution in [0.15, 0.2) is 47.4 Å². The minimum Gasteiger partial charge on any atom is -0.461 e. The van der Waals surface area contributed by atoms with Crippen molar-refractivity contribution in [3.8, 4) is 6.07 Å². The van der Waals surface area contributed by atoms with Gasteiger partial charge in [0, 0.05) is 12.1 Å². The van der Waals surface area contributed by atoms with Crippen LogP contribution in [0.1, 0.15) is 17.5 Å². The quantitative estimate of drug-likeness (QED) is 0.726. The molecule has 0 heterocycles. The lowest BCUT2D eigenvalue weighted by Crippen LogP contribution is -2.26. The highest BCUT2D eigenvalue weighted by atomic mass is 35.5. The third-order valence-electron chi connectivity index (χ3n) is 3.35. The molecular formula is C17H14ClFN2O4S. The van der Waals surface area contributed by atoms with E-state index in [1.165, 1.54) is 0 Å². The van der Waals surface area contributed by atoms with Gasteiger partial charge >= 0.3 is 5.97 Å². The molecule has 0 aliphatic heterocycles. The second-order valence-corrected chi connectivity index (χ2v) is 7.33. The molecule has 0 fully saturated rings. The highest BCUT2D eigenvalue weighted by Crippen LogP contribution is 2.19. The maximum atomic E-state index is 13.1. The summed E-state index contributed by atoms with van der Waals surface area (Å²) in [4.78, 5) is 11.5. The first-order valence-corrected chi connectivity index (χ1v) is 9.28. The molecule has 9 heteroatoms. The number of nitriles is 1. The van der Waals surface area contributed by atoms with Crippen LogP contribution in [-0.2, 0) is 26.2 Å². The molecule has 2 rings (SSSR count). The number of esters is 1. The SMILES string of the molecule is N#Cc1ccccc1COC(=O)CCNS(=O)(=O)c1ccc(F)c(Cl)c1. The molecule has 2 aromatic carbocycles. The number of nitrogens with zero attached hydrogens (tertiary/aromatic N) is 1. The van der Waals surface area contributed by atoms with Crippen LogP contribution in [0.3, 0.4) is 0 Å². The molecule has 2 aromatic rings. The van der Waals surface area contributed by atoms with Crippen molar-refractivity contribution < 1.29 is 22.3 Å². The maximum absolute atomic E-state index is 13.1. The smallest absolute Gasteiger partial charge is 0.307 e. The van der Waals surface area contributed by atoms with E-state index in [4.69, 9.17) is 21.6 Å². The molecule has 0 spiro atoms. The Balaban J connectivity index is 1.86. The molecule has 0 aromatic heterocycles. The van der Waals surface area contributed by atoms with Crippen molar-refractivity contribution in [2.45, 2.75) is 17.9 Å². The van der Waals surface area contributed by atoms with Crippen molar-refractivity contribution in [2.75, 3.05) is 6.54 Å². The fourth-order valence-corrected chi connectivity index (χ4v) is 3.30. The lowest BCUT2D eigenvalue weighted by molar-refractivity contribution is -0.144. The predicted molar refractivity (Wildman–Crippen MR) is 92.2 cm³/mol. The number of sulfonamides is 1. The number of rotatable bonds is 7. The largest absolute Gasteiger partial charge is 0.461 e. The van der Waals surface area contributed by atoms with Crippen LogP contribution in [0.5, 0.6) is 0 Å². The van der Waals surface area contributed by atoms with Crippen molar-refractivity contribution >= 4 is 27.6 Å². The minimum atomic E-state index is -3.92. The van der Waals surface area contributed by atoms with Gasteiger partial charge in [0.1, 0.15) is 12.4 Å². The van der Waals surface area contributed by atoms with Crippen molar-refractivity contribution in [1.82, 2.24) is 4.72 Å². The zero-order chi connectivity index (χ0) is 19.2. The van der Waals surface area contributed by atoms with Gasteiger partial charge in [0.2, 0.25) is 10.0 Å². The van der Waals surface area contributed by atoms with E-state index in [1.807, 2.05) is 6.07 Å². The summed E-state index contributed by atoms with van der Waals surface area (Å²) in [6, 6.07) is 11.7. The van der Waals surface area contributed by atoms with Gasteiger partial charge < -0.3 is 4.74 Å². The summed E-state index contributed by atoms with van der Waals surface area (Å²) < 4.78 is 44.5. The fourth-order valence-electron chi connectivity index (χ4n) is 2.00. The molecule has 136 valence electrons. The van der Waals surface area contributed by atoms with E-state index >= 15 is 0 Å². The number of hydrogen-bond acceptors (Lipinski definition) is 5. The number of ether oxygens (including phenoxy) is 1. The van der Waals surface area contributed by atoms with E-state index < -0.39 is 21.8 Å². The zero-order valence-electron chi connectivity index (χ0n) is 13.4. The summed E-state index contributed by atoms with van der Waals surface area (Å²) in [5.74, 6) is -1.36. The fraction of sp³-hybridized carbons (Fsp3) is 0.176. The van der Waals surface area contributed by atoms with Gasteiger partial charge in [-0.1, -0.05) is 29.8 Å². The van der Waals surface area contributed by atoms with Crippen molar-refractivity contribution in [2.24, 2.45) is 0 Å². The third kappa shape index (κ3) is 5.26. The molecule has 0 aliphatic rings. The summed E-state index contributed by atoms with van der Waals surface area (Å²) in [6.45, 7) is -0.279. The summed E-state index contributed by atoms with van der Waals surface area (Å²) in [7, 11) is -3.92. The second-order valence-electron chi connectivity index (χ2n) is 5.15. The van der Waals surface area contributed by atoms with Gasteiger partial charge in [-0.2, -0.15) is 5.26 Å². The van der Waals surface area contributed by atoms with Gasteiger partial charge in [-0.25, -0.2) is 17.5 Å². The maximum Gasteiger partial charge on any atom is 0.307 e.